The van der Waals surface area contributed by atoms with Crippen molar-refractivity contribution in [1.29, 1.82) is 5.26 Å². The lowest BCUT2D eigenvalue weighted by Crippen LogP contribution is -2.35. The molecular formula is C24H23N5O. The van der Waals surface area contributed by atoms with E-state index in [4.69, 9.17) is 0 Å². The second-order valence-corrected chi connectivity index (χ2v) is 7.49. The molecule has 150 valence electrons. The Hall–Kier alpha value is -3.72. The van der Waals surface area contributed by atoms with E-state index >= 15 is 0 Å². The lowest BCUT2D eigenvalue weighted by Gasteiger charge is -2.33. The van der Waals surface area contributed by atoms with Gasteiger partial charge in [0.15, 0.2) is 0 Å². The molecule has 1 saturated heterocycles. The molecule has 2 heterocycles. The van der Waals surface area contributed by atoms with Crippen molar-refractivity contribution in [2.45, 2.75) is 19.3 Å². The van der Waals surface area contributed by atoms with E-state index in [2.05, 4.69) is 50.5 Å². The van der Waals surface area contributed by atoms with Gasteiger partial charge in [-0.05, 0) is 42.9 Å². The van der Waals surface area contributed by atoms with Crippen molar-refractivity contribution in [1.82, 2.24) is 9.97 Å². The van der Waals surface area contributed by atoms with Crippen LogP contribution in [0.5, 0.6) is 0 Å². The van der Waals surface area contributed by atoms with Crippen LogP contribution in [0.1, 0.15) is 34.5 Å². The van der Waals surface area contributed by atoms with E-state index in [0.29, 0.717) is 22.9 Å². The number of carbonyl (C=O) groups is 1. The zero-order valence-corrected chi connectivity index (χ0v) is 16.7. The Kier molecular flexibility index (Phi) is 6.00. The van der Waals surface area contributed by atoms with Crippen LogP contribution in [0.15, 0.2) is 67.0 Å². The van der Waals surface area contributed by atoms with Gasteiger partial charge in [0.2, 0.25) is 0 Å². The van der Waals surface area contributed by atoms with Crippen molar-refractivity contribution in [3.8, 4) is 6.07 Å². The molecule has 0 radical (unpaired) electrons. The van der Waals surface area contributed by atoms with E-state index in [1.54, 1.807) is 30.3 Å². The SMILES string of the molecule is N#Cc1ccccc1NC(=O)c1cc(N2CCC(Cc3ccccc3)CC2)ncn1. The largest absolute Gasteiger partial charge is 0.356 e. The third-order valence-electron chi connectivity index (χ3n) is 5.49. The molecule has 1 amide bonds. The zero-order valence-electron chi connectivity index (χ0n) is 16.7. The van der Waals surface area contributed by atoms with Crippen LogP contribution in [0.4, 0.5) is 11.5 Å². The van der Waals surface area contributed by atoms with Crippen LogP contribution in [-0.2, 0) is 6.42 Å². The van der Waals surface area contributed by atoms with Crippen molar-refractivity contribution >= 4 is 17.4 Å². The molecule has 1 aliphatic heterocycles. The molecule has 1 fully saturated rings. The molecule has 6 nitrogen and oxygen atoms in total. The first-order chi connectivity index (χ1) is 14.7. The molecule has 0 atom stereocenters. The standard InChI is InChI=1S/C24H23N5O/c25-16-20-8-4-5-9-21(20)28-24(30)22-15-23(27-17-26-22)29-12-10-19(11-13-29)14-18-6-2-1-3-7-18/h1-9,15,17,19H,10-14H2,(H,28,30). The number of nitrogens with one attached hydrogen (secondary N) is 1. The number of nitrogens with zero attached hydrogens (tertiary/aromatic N) is 4. The van der Waals surface area contributed by atoms with Gasteiger partial charge in [-0.15, -0.1) is 0 Å². The summed E-state index contributed by atoms with van der Waals surface area (Å²) in [6.45, 7) is 1.82. The summed E-state index contributed by atoms with van der Waals surface area (Å²) in [5.41, 5.74) is 2.57. The molecule has 4 rings (SSSR count). The highest BCUT2D eigenvalue weighted by Gasteiger charge is 2.21. The second kappa shape index (κ2) is 9.19. The summed E-state index contributed by atoms with van der Waals surface area (Å²) in [5.74, 6) is 1.08. The third-order valence-corrected chi connectivity index (χ3v) is 5.49. The van der Waals surface area contributed by atoms with Gasteiger partial charge < -0.3 is 10.2 Å². The average molecular weight is 397 g/mol. The van der Waals surface area contributed by atoms with Crippen LogP contribution in [-0.4, -0.2) is 29.0 Å². The van der Waals surface area contributed by atoms with Crippen molar-refractivity contribution < 1.29 is 4.79 Å². The minimum atomic E-state index is -0.347. The first kappa shape index (κ1) is 19.6. The summed E-state index contributed by atoms with van der Waals surface area (Å²) in [6, 6.07) is 21.3. The predicted octanol–water partition coefficient (Wildman–Crippen LogP) is 4.06. The minimum absolute atomic E-state index is 0.291. The third kappa shape index (κ3) is 4.64. The van der Waals surface area contributed by atoms with Gasteiger partial charge in [0, 0.05) is 19.2 Å². The average Bonchev–Trinajstić information content (AvgIpc) is 2.81. The van der Waals surface area contributed by atoms with E-state index in [1.807, 2.05) is 6.07 Å². The fraction of sp³-hybridized carbons (Fsp3) is 0.250. The molecule has 0 unspecified atom stereocenters. The van der Waals surface area contributed by atoms with Crippen molar-refractivity contribution in [2.24, 2.45) is 5.92 Å². The first-order valence-corrected chi connectivity index (χ1v) is 10.1. The topological polar surface area (TPSA) is 81.9 Å². The zero-order chi connectivity index (χ0) is 20.8. The number of para-hydroxylation sites is 1. The Morgan fingerprint density at radius 3 is 2.57 bits per heavy atom. The van der Waals surface area contributed by atoms with Crippen molar-refractivity contribution in [2.75, 3.05) is 23.3 Å². The van der Waals surface area contributed by atoms with Crippen molar-refractivity contribution in [3.05, 3.63) is 83.8 Å². The number of hydrogen-bond donors (Lipinski definition) is 1. The van der Waals surface area contributed by atoms with Gasteiger partial charge >= 0.3 is 0 Å². The molecular weight excluding hydrogens is 374 g/mol. The van der Waals surface area contributed by atoms with E-state index in [9.17, 15) is 10.1 Å². The summed E-state index contributed by atoms with van der Waals surface area (Å²) in [5, 5.41) is 12.0. The van der Waals surface area contributed by atoms with Crippen LogP contribution in [0.25, 0.3) is 0 Å². The highest BCUT2D eigenvalue weighted by Crippen LogP contribution is 2.25. The Morgan fingerprint density at radius 2 is 1.80 bits per heavy atom. The Balaban J connectivity index is 1.39. The van der Waals surface area contributed by atoms with Gasteiger partial charge in [-0.3, -0.25) is 4.79 Å². The number of piperidine rings is 1. The molecule has 3 aromatic rings. The fourth-order valence-electron chi connectivity index (χ4n) is 3.83. The summed E-state index contributed by atoms with van der Waals surface area (Å²) < 4.78 is 0. The van der Waals surface area contributed by atoms with Crippen LogP contribution in [0, 0.1) is 17.2 Å². The highest BCUT2D eigenvalue weighted by atomic mass is 16.1. The van der Waals surface area contributed by atoms with Crippen LogP contribution in [0.2, 0.25) is 0 Å². The van der Waals surface area contributed by atoms with E-state index in [1.165, 1.54) is 11.9 Å². The number of benzene rings is 2. The monoisotopic (exact) mass is 397 g/mol. The first-order valence-electron chi connectivity index (χ1n) is 10.1. The maximum absolute atomic E-state index is 12.6. The molecule has 0 bridgehead atoms. The molecule has 1 aromatic heterocycles. The van der Waals surface area contributed by atoms with Gasteiger partial charge in [-0.2, -0.15) is 5.26 Å². The smallest absolute Gasteiger partial charge is 0.274 e. The molecule has 0 saturated carbocycles. The van der Waals surface area contributed by atoms with Gasteiger partial charge in [-0.25, -0.2) is 9.97 Å². The molecule has 2 aromatic carbocycles. The number of nitriles is 1. The second-order valence-electron chi connectivity index (χ2n) is 7.49. The summed E-state index contributed by atoms with van der Waals surface area (Å²) >= 11 is 0. The molecule has 0 spiro atoms. The Labute approximate surface area is 176 Å². The van der Waals surface area contributed by atoms with E-state index < -0.39 is 0 Å². The lowest BCUT2D eigenvalue weighted by molar-refractivity contribution is 0.102. The number of hydrogen-bond acceptors (Lipinski definition) is 5. The molecule has 0 aliphatic carbocycles. The number of rotatable bonds is 5. The number of anilines is 2. The maximum atomic E-state index is 12.6. The Morgan fingerprint density at radius 1 is 1.07 bits per heavy atom. The number of carbonyl (C=O) groups excluding carboxylic acids is 1. The predicted molar refractivity (Wildman–Crippen MR) is 116 cm³/mol. The summed E-state index contributed by atoms with van der Waals surface area (Å²) in [7, 11) is 0. The maximum Gasteiger partial charge on any atom is 0.274 e. The van der Waals surface area contributed by atoms with E-state index in [-0.39, 0.29) is 5.91 Å². The van der Waals surface area contributed by atoms with Gasteiger partial charge in [0.1, 0.15) is 23.9 Å². The van der Waals surface area contributed by atoms with Crippen molar-refractivity contribution in [3.63, 3.8) is 0 Å². The van der Waals surface area contributed by atoms with Gasteiger partial charge in [0.25, 0.3) is 5.91 Å². The molecule has 1 N–H and O–H groups in total. The molecule has 30 heavy (non-hydrogen) atoms. The van der Waals surface area contributed by atoms with Crippen LogP contribution in [0.3, 0.4) is 0 Å². The Bertz CT molecular complexity index is 1050. The highest BCUT2D eigenvalue weighted by molar-refractivity contribution is 6.03. The normalized spacial score (nSPS) is 14.2. The number of amides is 1. The summed E-state index contributed by atoms with van der Waals surface area (Å²) in [6.07, 6.45) is 4.72. The minimum Gasteiger partial charge on any atom is -0.356 e. The van der Waals surface area contributed by atoms with Gasteiger partial charge in [0.05, 0.1) is 11.3 Å². The molecule has 1 aliphatic rings. The fourth-order valence-corrected chi connectivity index (χ4v) is 3.83. The lowest BCUT2D eigenvalue weighted by atomic mass is 9.90. The quantitative estimate of drug-likeness (QED) is 0.702. The van der Waals surface area contributed by atoms with Gasteiger partial charge in [-0.1, -0.05) is 42.5 Å². The summed E-state index contributed by atoms with van der Waals surface area (Å²) in [4.78, 5) is 23.4. The number of aromatic nitrogens is 2. The van der Waals surface area contributed by atoms with Crippen LogP contribution >= 0.6 is 0 Å². The molecule has 6 heteroatoms. The van der Waals surface area contributed by atoms with Crippen LogP contribution < -0.4 is 10.2 Å². The van der Waals surface area contributed by atoms with E-state index in [0.717, 1.165) is 38.2 Å².